The van der Waals surface area contributed by atoms with E-state index in [2.05, 4.69) is 20.9 Å². The average molecular weight is 484 g/mol. The monoisotopic (exact) mass is 483 g/mol. The number of carbonyl (C=O) groups is 1. The molecule has 0 unspecified atom stereocenters. The van der Waals surface area contributed by atoms with Crippen molar-refractivity contribution in [1.82, 2.24) is 29.6 Å². The van der Waals surface area contributed by atoms with Crippen molar-refractivity contribution in [2.75, 3.05) is 38.2 Å². The summed E-state index contributed by atoms with van der Waals surface area (Å²) in [6.45, 7) is 6.80. The maximum Gasteiger partial charge on any atom is 0.244 e. The first-order chi connectivity index (χ1) is 17.5. The van der Waals surface area contributed by atoms with Gasteiger partial charge in [-0.3, -0.25) is 14.5 Å². The second-order valence-corrected chi connectivity index (χ2v) is 8.82. The van der Waals surface area contributed by atoms with Crippen LogP contribution in [0.15, 0.2) is 60.9 Å². The van der Waals surface area contributed by atoms with Gasteiger partial charge in [0, 0.05) is 37.9 Å². The number of aryl methyl sites for hydroxylation is 2. The van der Waals surface area contributed by atoms with Crippen LogP contribution in [-0.2, 0) is 11.3 Å². The van der Waals surface area contributed by atoms with Crippen LogP contribution in [0.1, 0.15) is 11.3 Å². The zero-order valence-electron chi connectivity index (χ0n) is 20.8. The molecule has 36 heavy (non-hydrogen) atoms. The van der Waals surface area contributed by atoms with Crippen molar-refractivity contribution in [1.29, 1.82) is 0 Å². The minimum absolute atomic E-state index is 0.0368. The maximum absolute atomic E-state index is 13.3. The Morgan fingerprint density at radius 1 is 0.944 bits per heavy atom. The van der Waals surface area contributed by atoms with E-state index in [1.54, 1.807) is 11.8 Å². The molecule has 1 aliphatic heterocycles. The van der Waals surface area contributed by atoms with Crippen molar-refractivity contribution in [3.8, 4) is 28.5 Å². The van der Waals surface area contributed by atoms with Gasteiger partial charge in [-0.1, -0.05) is 36.4 Å². The van der Waals surface area contributed by atoms with Crippen LogP contribution in [-0.4, -0.2) is 68.8 Å². The number of ether oxygens (including phenoxy) is 1. The Kier molecular flexibility index (Phi) is 6.62. The average Bonchev–Trinajstić information content (AvgIpc) is 3.34. The summed E-state index contributed by atoms with van der Waals surface area (Å²) in [5, 5.41) is 4.81. The molecule has 0 spiro atoms. The lowest BCUT2D eigenvalue weighted by molar-refractivity contribution is -0.132. The van der Waals surface area contributed by atoms with Crippen molar-refractivity contribution in [2.24, 2.45) is 0 Å². The van der Waals surface area contributed by atoms with Gasteiger partial charge in [0.05, 0.1) is 18.5 Å². The van der Waals surface area contributed by atoms with E-state index in [1.807, 2.05) is 67.3 Å². The van der Waals surface area contributed by atoms with E-state index in [0.29, 0.717) is 32.1 Å². The number of nitrogens with zero attached hydrogens (tertiary/aromatic N) is 7. The number of hydrogen-bond acceptors (Lipinski definition) is 7. The molecule has 1 aliphatic rings. The third-order valence-electron chi connectivity index (χ3n) is 6.54. The number of aromatic nitrogens is 5. The van der Waals surface area contributed by atoms with Crippen LogP contribution in [0.5, 0.6) is 5.88 Å². The molecule has 1 aromatic carbocycles. The smallest absolute Gasteiger partial charge is 0.244 e. The highest BCUT2D eigenvalue weighted by atomic mass is 16.5. The lowest BCUT2D eigenvalue weighted by Crippen LogP contribution is -2.50. The van der Waals surface area contributed by atoms with Crippen LogP contribution >= 0.6 is 0 Å². The molecule has 0 N–H and O–H groups in total. The lowest BCUT2D eigenvalue weighted by atomic mass is 10.1. The van der Waals surface area contributed by atoms with E-state index in [0.717, 1.165) is 39.7 Å². The number of amides is 1. The quantitative estimate of drug-likeness (QED) is 0.415. The summed E-state index contributed by atoms with van der Waals surface area (Å²) in [4.78, 5) is 30.5. The van der Waals surface area contributed by atoms with Crippen LogP contribution < -0.4 is 9.64 Å². The van der Waals surface area contributed by atoms with Gasteiger partial charge in [-0.15, -0.1) is 0 Å². The third kappa shape index (κ3) is 4.91. The highest BCUT2D eigenvalue weighted by molar-refractivity contribution is 5.78. The Morgan fingerprint density at radius 2 is 1.72 bits per heavy atom. The van der Waals surface area contributed by atoms with E-state index in [9.17, 15) is 4.79 Å². The summed E-state index contributed by atoms with van der Waals surface area (Å²) in [6, 6.07) is 17.9. The second-order valence-electron chi connectivity index (χ2n) is 8.82. The first-order valence-electron chi connectivity index (χ1n) is 12.0. The Morgan fingerprint density at radius 3 is 2.44 bits per heavy atom. The van der Waals surface area contributed by atoms with E-state index in [1.165, 1.54) is 6.33 Å². The Bertz CT molecular complexity index is 1360. The molecule has 0 aliphatic carbocycles. The number of pyridine rings is 1. The summed E-state index contributed by atoms with van der Waals surface area (Å²) in [5.41, 5.74) is 5.57. The van der Waals surface area contributed by atoms with Gasteiger partial charge in [0.25, 0.3) is 0 Å². The van der Waals surface area contributed by atoms with Gasteiger partial charge in [-0.05, 0) is 37.1 Å². The summed E-state index contributed by atoms with van der Waals surface area (Å²) >= 11 is 0. The largest absolute Gasteiger partial charge is 0.481 e. The molecule has 0 bridgehead atoms. The minimum Gasteiger partial charge on any atom is -0.481 e. The van der Waals surface area contributed by atoms with Crippen molar-refractivity contribution < 1.29 is 9.53 Å². The van der Waals surface area contributed by atoms with Crippen LogP contribution in [0.25, 0.3) is 22.6 Å². The highest BCUT2D eigenvalue weighted by Gasteiger charge is 2.24. The topological polar surface area (TPSA) is 89.3 Å². The predicted octanol–water partition coefficient (Wildman–Crippen LogP) is 3.38. The predicted molar refractivity (Wildman–Crippen MR) is 138 cm³/mol. The molecule has 3 aromatic heterocycles. The molecule has 0 radical (unpaired) electrons. The fourth-order valence-electron chi connectivity index (χ4n) is 4.30. The van der Waals surface area contributed by atoms with Crippen LogP contribution in [0.4, 0.5) is 5.82 Å². The zero-order chi connectivity index (χ0) is 25.1. The number of rotatable bonds is 6. The van der Waals surface area contributed by atoms with Crippen molar-refractivity contribution in [3.63, 3.8) is 0 Å². The van der Waals surface area contributed by atoms with Crippen molar-refractivity contribution >= 4 is 11.7 Å². The Labute approximate surface area is 210 Å². The van der Waals surface area contributed by atoms with Crippen molar-refractivity contribution in [3.05, 3.63) is 72.2 Å². The van der Waals surface area contributed by atoms with Gasteiger partial charge in [0.15, 0.2) is 0 Å². The number of methoxy groups -OCH3 is 1. The van der Waals surface area contributed by atoms with Crippen molar-refractivity contribution in [2.45, 2.75) is 20.4 Å². The fourth-order valence-corrected chi connectivity index (χ4v) is 4.30. The number of hydrogen-bond donors (Lipinski definition) is 0. The molecular formula is C27H29N7O2. The fraction of sp³-hybridized carbons (Fsp3) is 0.296. The van der Waals surface area contributed by atoms with Gasteiger partial charge in [0.1, 0.15) is 24.4 Å². The zero-order valence-corrected chi connectivity index (χ0v) is 20.8. The lowest BCUT2D eigenvalue weighted by Gasteiger charge is -2.35. The van der Waals surface area contributed by atoms with Gasteiger partial charge in [0.2, 0.25) is 11.8 Å². The number of carbonyl (C=O) groups excluding carboxylic acids is 1. The maximum atomic E-state index is 13.3. The SMILES string of the molecule is COc1cc(N2CCN(C(=O)Cn3nc(-c4ccc(C)c(C)n4)cc3-c3ccccc3)CC2)ncn1. The summed E-state index contributed by atoms with van der Waals surface area (Å²) in [7, 11) is 1.59. The van der Waals surface area contributed by atoms with Gasteiger partial charge in [-0.2, -0.15) is 5.10 Å². The van der Waals surface area contributed by atoms with E-state index < -0.39 is 0 Å². The number of anilines is 1. The summed E-state index contributed by atoms with van der Waals surface area (Å²) in [6.07, 6.45) is 1.50. The molecule has 0 saturated carbocycles. The molecule has 5 rings (SSSR count). The summed E-state index contributed by atoms with van der Waals surface area (Å²) < 4.78 is 7.01. The van der Waals surface area contributed by atoms with Gasteiger partial charge < -0.3 is 14.5 Å². The minimum atomic E-state index is 0.0368. The molecule has 1 amide bonds. The molecule has 1 saturated heterocycles. The molecule has 0 atom stereocenters. The molecule has 9 heteroatoms. The standard InChI is InChI=1S/C27H29N7O2/c1-19-9-10-22(30-20(19)2)23-15-24(21-7-5-4-6-8-21)34(31-23)17-27(35)33-13-11-32(12-14-33)25-16-26(36-3)29-18-28-25/h4-10,15-16,18H,11-14,17H2,1-3H3. The first-order valence-corrected chi connectivity index (χ1v) is 12.0. The summed E-state index contributed by atoms with van der Waals surface area (Å²) in [5.74, 6) is 1.37. The Hall–Kier alpha value is -4.27. The van der Waals surface area contributed by atoms with E-state index in [-0.39, 0.29) is 12.5 Å². The number of benzene rings is 1. The Balaban J connectivity index is 1.34. The van der Waals surface area contributed by atoms with E-state index >= 15 is 0 Å². The molecule has 9 nitrogen and oxygen atoms in total. The number of piperazine rings is 1. The molecule has 4 aromatic rings. The van der Waals surface area contributed by atoms with Crippen LogP contribution in [0.3, 0.4) is 0 Å². The third-order valence-corrected chi connectivity index (χ3v) is 6.54. The van der Waals surface area contributed by atoms with E-state index in [4.69, 9.17) is 14.8 Å². The second kappa shape index (κ2) is 10.2. The molecule has 184 valence electrons. The normalized spacial score (nSPS) is 13.6. The molecular weight excluding hydrogens is 454 g/mol. The van der Waals surface area contributed by atoms with Crippen LogP contribution in [0, 0.1) is 13.8 Å². The molecule has 1 fully saturated rings. The highest BCUT2D eigenvalue weighted by Crippen LogP contribution is 2.26. The first kappa shape index (κ1) is 23.5. The van der Waals surface area contributed by atoms with Gasteiger partial charge >= 0.3 is 0 Å². The van der Waals surface area contributed by atoms with Gasteiger partial charge in [-0.25, -0.2) is 9.97 Å². The van der Waals surface area contributed by atoms with Crippen LogP contribution in [0.2, 0.25) is 0 Å². The molecule has 4 heterocycles.